The number of imidazole rings is 2. The largest absolute Gasteiger partial charge is 0.381 e. The number of hydrogen-bond donors (Lipinski definition) is 0. The van der Waals surface area contributed by atoms with E-state index in [0.29, 0.717) is 29.2 Å². The van der Waals surface area contributed by atoms with Crippen LogP contribution in [0.15, 0.2) is 58.6 Å². The van der Waals surface area contributed by atoms with Gasteiger partial charge in [0, 0.05) is 61.0 Å². The molecule has 0 unspecified atom stereocenters. The minimum absolute atomic E-state index is 0.0931. The number of aldehydes is 1. The first-order valence-corrected chi connectivity index (χ1v) is 23.1. The lowest BCUT2D eigenvalue weighted by Crippen LogP contribution is -2.26. The van der Waals surface area contributed by atoms with Gasteiger partial charge in [-0.05, 0) is 86.8 Å². The highest BCUT2D eigenvalue weighted by Crippen LogP contribution is 2.34. The summed E-state index contributed by atoms with van der Waals surface area (Å²) in [5.41, 5.74) is 3.19. The summed E-state index contributed by atoms with van der Waals surface area (Å²) < 4.78 is 65.6. The first-order chi connectivity index (χ1) is 26.5. The zero-order valence-electron chi connectivity index (χ0n) is 33.1. The highest BCUT2D eigenvalue weighted by molar-refractivity contribution is 8.13. The summed E-state index contributed by atoms with van der Waals surface area (Å²) in [7, 11) is -2.17. The monoisotopic (exact) mass is 828 g/mol. The molecule has 0 aliphatic carbocycles. The van der Waals surface area contributed by atoms with Crippen molar-refractivity contribution in [1.82, 2.24) is 28.3 Å². The molecule has 0 spiro atoms. The Morgan fingerprint density at radius 2 is 1.20 bits per heavy atom. The van der Waals surface area contributed by atoms with Crippen molar-refractivity contribution < 1.29 is 31.1 Å². The summed E-state index contributed by atoms with van der Waals surface area (Å²) in [6.07, 6.45) is 8.98. The van der Waals surface area contributed by atoms with Gasteiger partial charge in [0.25, 0.3) is 19.1 Å². The van der Waals surface area contributed by atoms with Gasteiger partial charge in [0.05, 0.1) is 49.8 Å². The number of carbonyl (C=O) groups is 1. The molecule has 0 N–H and O–H groups in total. The topological polar surface area (TPSA) is 157 Å². The van der Waals surface area contributed by atoms with Crippen LogP contribution in [0.5, 0.6) is 0 Å². The average Bonchev–Trinajstić information content (AvgIpc) is 3.92. The summed E-state index contributed by atoms with van der Waals surface area (Å²) >= 11 is 0. The Morgan fingerprint density at radius 3 is 1.61 bits per heavy atom. The van der Waals surface area contributed by atoms with Crippen molar-refractivity contribution in [2.45, 2.75) is 114 Å². The van der Waals surface area contributed by atoms with E-state index >= 15 is 0 Å². The van der Waals surface area contributed by atoms with Crippen molar-refractivity contribution in [3.8, 4) is 0 Å². The fourth-order valence-corrected chi connectivity index (χ4v) is 9.16. The lowest BCUT2D eigenvalue weighted by Gasteiger charge is -2.28. The van der Waals surface area contributed by atoms with E-state index in [0.717, 1.165) is 105 Å². The molecule has 5 aromatic rings. The molecule has 304 valence electrons. The van der Waals surface area contributed by atoms with E-state index in [1.54, 1.807) is 24.3 Å². The van der Waals surface area contributed by atoms with Crippen LogP contribution >= 0.6 is 10.7 Å². The van der Waals surface area contributed by atoms with Gasteiger partial charge in [-0.15, -0.1) is 0 Å². The molecule has 2 aliphatic rings. The summed E-state index contributed by atoms with van der Waals surface area (Å²) in [6, 6.07) is 9.98. The second kappa shape index (κ2) is 16.7. The number of nitrogens with zero attached hydrogens (tertiary/aromatic N) is 6. The summed E-state index contributed by atoms with van der Waals surface area (Å²) in [6.45, 7) is 17.8. The number of benzene rings is 2. The quantitative estimate of drug-likeness (QED) is 0.0913. The zero-order chi connectivity index (χ0) is 40.5. The standard InChI is InChI=1S/C22H28N4O4S.C18H25ClN2O3S/c1-4-22(2,3)21-24-19-11-18(31(28,29)26-14-17(15-27)12-23-26)5-6-20(19)25(21)13-16-7-9-30-10-8-16;1-4-18(2,3)17-20-15-11-14(25(19,22)23)5-6-16(15)21(17)12-13-7-9-24-10-8-13/h5-6,11-12,14-16H,4,7-10,13H2,1-3H3;5-6,11,13H,4,7-10,12H2,1-3H3. The van der Waals surface area contributed by atoms with Crippen LogP contribution in [0.1, 0.15) is 102 Å². The predicted molar refractivity (Wildman–Crippen MR) is 216 cm³/mol. The van der Waals surface area contributed by atoms with E-state index in [1.807, 2.05) is 12.1 Å². The highest BCUT2D eigenvalue weighted by atomic mass is 35.7. The normalized spacial score (nSPS) is 16.6. The van der Waals surface area contributed by atoms with Crippen LogP contribution < -0.4 is 0 Å². The van der Waals surface area contributed by atoms with Crippen LogP contribution in [0, 0.1) is 11.8 Å². The van der Waals surface area contributed by atoms with E-state index in [-0.39, 0.29) is 26.2 Å². The number of rotatable bonds is 12. The Kier molecular flexibility index (Phi) is 12.5. The van der Waals surface area contributed by atoms with Crippen LogP contribution in [0.3, 0.4) is 0 Å². The fourth-order valence-electron chi connectivity index (χ4n) is 7.24. The van der Waals surface area contributed by atoms with Crippen molar-refractivity contribution in [3.63, 3.8) is 0 Å². The van der Waals surface area contributed by atoms with Crippen molar-refractivity contribution in [3.05, 3.63) is 66.0 Å². The molecule has 16 heteroatoms. The SMILES string of the molecule is CCC(C)(C)c1nc2cc(S(=O)(=O)Cl)ccc2n1CC1CCOCC1.CCC(C)(C)c1nc2cc(S(=O)(=O)n3cc(C=O)cn3)ccc2n1CC1CCOCC1. The average molecular weight is 829 g/mol. The molecule has 56 heavy (non-hydrogen) atoms. The minimum atomic E-state index is -3.91. The Balaban J connectivity index is 0.000000194. The van der Waals surface area contributed by atoms with Crippen LogP contribution in [-0.4, -0.2) is 77.8 Å². The van der Waals surface area contributed by atoms with Gasteiger partial charge in [-0.25, -0.2) is 18.4 Å². The number of hydrogen-bond acceptors (Lipinski definition) is 10. The number of halogens is 1. The van der Waals surface area contributed by atoms with Crippen LogP contribution in [0.25, 0.3) is 22.1 Å². The van der Waals surface area contributed by atoms with Gasteiger partial charge in [-0.1, -0.05) is 41.5 Å². The van der Waals surface area contributed by atoms with Gasteiger partial charge in [-0.2, -0.15) is 17.6 Å². The van der Waals surface area contributed by atoms with Gasteiger partial charge in [-0.3, -0.25) is 4.79 Å². The summed E-state index contributed by atoms with van der Waals surface area (Å²) in [5.74, 6) is 3.02. The first kappa shape index (κ1) is 42.0. The molecule has 0 amide bonds. The van der Waals surface area contributed by atoms with E-state index in [2.05, 4.69) is 55.8 Å². The molecular weight excluding hydrogens is 776 g/mol. The third-order valence-corrected chi connectivity index (χ3v) is 14.4. The molecule has 2 aromatic carbocycles. The van der Waals surface area contributed by atoms with Gasteiger partial charge < -0.3 is 18.6 Å². The van der Waals surface area contributed by atoms with Crippen molar-refractivity contribution in [2.75, 3.05) is 26.4 Å². The Labute approximate surface area is 334 Å². The van der Waals surface area contributed by atoms with E-state index in [9.17, 15) is 21.6 Å². The zero-order valence-corrected chi connectivity index (χ0v) is 35.5. The lowest BCUT2D eigenvalue weighted by molar-refractivity contribution is 0.0609. The fraction of sp³-hybridized carbons (Fsp3) is 0.550. The molecule has 2 fully saturated rings. The maximum Gasteiger partial charge on any atom is 0.283 e. The smallest absolute Gasteiger partial charge is 0.283 e. The number of aromatic nitrogens is 6. The van der Waals surface area contributed by atoms with Crippen LogP contribution in [0.2, 0.25) is 0 Å². The molecule has 7 rings (SSSR count). The Hall–Kier alpha value is -3.63. The van der Waals surface area contributed by atoms with E-state index < -0.39 is 19.1 Å². The Bertz CT molecular complexity index is 2400. The molecule has 2 aliphatic heterocycles. The second-order valence-electron chi connectivity index (χ2n) is 16.2. The number of carbonyl (C=O) groups excluding carboxylic acids is 1. The maximum absolute atomic E-state index is 13.0. The van der Waals surface area contributed by atoms with Gasteiger partial charge in [0.2, 0.25) is 0 Å². The molecule has 2 saturated heterocycles. The molecule has 5 heterocycles. The Morgan fingerprint density at radius 1 is 0.750 bits per heavy atom. The highest BCUT2D eigenvalue weighted by Gasteiger charge is 2.30. The molecular formula is C40H53ClN6O7S2. The van der Waals surface area contributed by atoms with Crippen molar-refractivity contribution in [1.29, 1.82) is 0 Å². The van der Waals surface area contributed by atoms with Crippen LogP contribution in [0.4, 0.5) is 0 Å². The molecule has 3 aromatic heterocycles. The predicted octanol–water partition coefficient (Wildman–Crippen LogP) is 7.47. The molecule has 13 nitrogen and oxygen atoms in total. The number of ether oxygens (including phenoxy) is 2. The second-order valence-corrected chi connectivity index (χ2v) is 20.5. The first-order valence-electron chi connectivity index (χ1n) is 19.4. The van der Waals surface area contributed by atoms with Crippen LogP contribution in [-0.2, 0) is 52.5 Å². The number of fused-ring (bicyclic) bond motifs is 2. The molecule has 0 atom stereocenters. The van der Waals surface area contributed by atoms with Crippen molar-refractivity contribution in [2.24, 2.45) is 11.8 Å². The van der Waals surface area contributed by atoms with Gasteiger partial charge >= 0.3 is 0 Å². The minimum Gasteiger partial charge on any atom is -0.381 e. The summed E-state index contributed by atoms with van der Waals surface area (Å²) in [4.78, 5) is 20.8. The molecule has 0 saturated carbocycles. The van der Waals surface area contributed by atoms with Gasteiger partial charge in [0.1, 0.15) is 11.6 Å². The van der Waals surface area contributed by atoms with E-state index in [1.165, 1.54) is 12.4 Å². The molecule has 0 bridgehead atoms. The molecule has 0 radical (unpaired) electrons. The van der Waals surface area contributed by atoms with Crippen molar-refractivity contribution >= 4 is 58.1 Å². The summed E-state index contributed by atoms with van der Waals surface area (Å²) in [5, 5.41) is 3.83. The third kappa shape index (κ3) is 8.91. The van der Waals surface area contributed by atoms with Gasteiger partial charge in [0.15, 0.2) is 6.29 Å². The van der Waals surface area contributed by atoms with E-state index in [4.69, 9.17) is 30.1 Å². The lowest BCUT2D eigenvalue weighted by atomic mass is 9.89. The maximum atomic E-state index is 13.0. The third-order valence-electron chi connectivity index (χ3n) is 11.5.